The summed E-state index contributed by atoms with van der Waals surface area (Å²) < 4.78 is 7.66. The highest BCUT2D eigenvalue weighted by Gasteiger charge is 2.19. The summed E-state index contributed by atoms with van der Waals surface area (Å²) in [4.78, 5) is 5.37. The normalized spacial score (nSPS) is 14.2. The van der Waals surface area contributed by atoms with Crippen molar-refractivity contribution in [2.24, 2.45) is 4.99 Å². The van der Waals surface area contributed by atoms with Crippen LogP contribution in [-0.4, -0.2) is 22.5 Å². The van der Waals surface area contributed by atoms with E-state index in [2.05, 4.69) is 11.1 Å². The van der Waals surface area contributed by atoms with Gasteiger partial charge in [0.1, 0.15) is 5.75 Å². The summed E-state index contributed by atoms with van der Waals surface area (Å²) >= 11 is 6.93. The molecule has 28 heavy (non-hydrogen) atoms. The van der Waals surface area contributed by atoms with E-state index in [1.165, 1.54) is 16.9 Å². The lowest BCUT2D eigenvalue weighted by molar-refractivity contribution is 0.412. The van der Waals surface area contributed by atoms with E-state index in [0.29, 0.717) is 10.5 Å². The second kappa shape index (κ2) is 7.73. The first kappa shape index (κ1) is 18.7. The Morgan fingerprint density at radius 2 is 1.93 bits per heavy atom. The van der Waals surface area contributed by atoms with Gasteiger partial charge in [-0.1, -0.05) is 30.3 Å². The third-order valence-electron chi connectivity index (χ3n) is 4.82. The molecule has 4 nitrogen and oxygen atoms in total. The zero-order valence-corrected chi connectivity index (χ0v) is 17.3. The summed E-state index contributed by atoms with van der Waals surface area (Å²) in [6, 6.07) is 16.0. The van der Waals surface area contributed by atoms with Crippen LogP contribution in [0.15, 0.2) is 53.5 Å². The van der Waals surface area contributed by atoms with Gasteiger partial charge in [0.25, 0.3) is 0 Å². The smallest absolute Gasteiger partial charge is 0.210 e. The van der Waals surface area contributed by atoms with Gasteiger partial charge in [-0.15, -0.1) is 11.3 Å². The Morgan fingerprint density at radius 1 is 1.18 bits per heavy atom. The Labute approximate surface area is 173 Å². The molecule has 3 aromatic rings. The van der Waals surface area contributed by atoms with Crippen LogP contribution in [0.2, 0.25) is 0 Å². The predicted molar refractivity (Wildman–Crippen MR) is 119 cm³/mol. The number of benzene rings is 2. The van der Waals surface area contributed by atoms with Gasteiger partial charge >= 0.3 is 0 Å². The van der Waals surface area contributed by atoms with E-state index in [1.807, 2.05) is 55.5 Å². The fourth-order valence-corrected chi connectivity index (χ4v) is 4.59. The Hall–Kier alpha value is -2.70. The van der Waals surface area contributed by atoms with Crippen LogP contribution >= 0.6 is 23.6 Å². The minimum atomic E-state index is 0.216. The zero-order valence-electron chi connectivity index (χ0n) is 15.7. The molecule has 0 radical (unpaired) electrons. The van der Waals surface area contributed by atoms with Crippen LogP contribution in [0, 0.1) is 3.95 Å². The van der Waals surface area contributed by atoms with Crippen LogP contribution in [0.5, 0.6) is 11.6 Å². The molecule has 1 aromatic heterocycles. The number of thiazole rings is 1. The lowest BCUT2D eigenvalue weighted by atomic mass is 10.0. The van der Waals surface area contributed by atoms with Gasteiger partial charge in [0.05, 0.1) is 17.7 Å². The van der Waals surface area contributed by atoms with Crippen LogP contribution in [0.4, 0.5) is 5.69 Å². The second-order valence-corrected chi connectivity index (χ2v) is 8.25. The quantitative estimate of drug-likeness (QED) is 0.536. The average molecular weight is 409 g/mol. The molecule has 0 amide bonds. The standard InChI is InChI=1S/C22H20N2O2S2/c1-14-18(17-5-3-4-6-19(17)23-14)13-20-21(25)24(22(27)28-20)12-11-15-7-9-16(26-2)10-8-15/h3-10,13,25H,11-12H2,1-2H3/b18-13+. The Kier molecular flexibility index (Phi) is 5.15. The van der Waals surface area contributed by atoms with Crippen molar-refractivity contribution in [3.05, 3.63) is 68.5 Å². The molecule has 4 rings (SSSR count). The molecular weight excluding hydrogens is 388 g/mol. The van der Waals surface area contributed by atoms with E-state index < -0.39 is 0 Å². The summed E-state index contributed by atoms with van der Waals surface area (Å²) in [7, 11) is 1.66. The highest BCUT2D eigenvalue weighted by Crippen LogP contribution is 2.38. The predicted octanol–water partition coefficient (Wildman–Crippen LogP) is 5.88. The molecule has 1 aliphatic rings. The van der Waals surface area contributed by atoms with Crippen LogP contribution in [0.25, 0.3) is 11.6 Å². The average Bonchev–Trinajstić information content (AvgIpc) is 3.16. The topological polar surface area (TPSA) is 46.8 Å². The maximum atomic E-state index is 10.8. The minimum Gasteiger partial charge on any atom is -0.497 e. The Morgan fingerprint density at radius 3 is 2.68 bits per heavy atom. The second-order valence-electron chi connectivity index (χ2n) is 6.58. The number of hydrogen-bond donors (Lipinski definition) is 1. The van der Waals surface area contributed by atoms with E-state index in [4.69, 9.17) is 17.0 Å². The largest absolute Gasteiger partial charge is 0.497 e. The molecule has 1 aliphatic heterocycles. The molecule has 142 valence electrons. The molecule has 0 aliphatic carbocycles. The highest BCUT2D eigenvalue weighted by atomic mass is 32.1. The van der Waals surface area contributed by atoms with Gasteiger partial charge in [-0.05, 0) is 55.4 Å². The van der Waals surface area contributed by atoms with Gasteiger partial charge < -0.3 is 9.84 Å². The SMILES string of the molecule is COc1ccc(CCn2c(O)c(/C=C3\C(C)=Nc4ccccc43)sc2=S)cc1. The maximum Gasteiger partial charge on any atom is 0.210 e. The van der Waals surface area contributed by atoms with Gasteiger partial charge in [-0.25, -0.2) is 0 Å². The number of aromatic hydroxyl groups is 1. The summed E-state index contributed by atoms with van der Waals surface area (Å²) in [5.41, 5.74) is 5.20. The summed E-state index contributed by atoms with van der Waals surface area (Å²) in [5, 5.41) is 10.8. The fraction of sp³-hybridized carbons (Fsp3) is 0.182. The number of aliphatic imine (C=N–C) groups is 1. The third-order valence-corrected chi connectivity index (χ3v) is 6.21. The molecule has 0 unspecified atom stereocenters. The molecule has 0 fully saturated rings. The number of nitrogens with zero attached hydrogens (tertiary/aromatic N) is 2. The monoisotopic (exact) mass is 408 g/mol. The number of rotatable bonds is 5. The number of aromatic nitrogens is 1. The molecule has 0 saturated heterocycles. The summed E-state index contributed by atoms with van der Waals surface area (Å²) in [6.07, 6.45) is 2.77. The lowest BCUT2D eigenvalue weighted by Crippen LogP contribution is -2.01. The van der Waals surface area contributed by atoms with Crippen molar-refractivity contribution >= 4 is 46.6 Å². The molecule has 0 bridgehead atoms. The lowest BCUT2D eigenvalue weighted by Gasteiger charge is -2.06. The minimum absolute atomic E-state index is 0.216. The van der Waals surface area contributed by atoms with Crippen molar-refractivity contribution in [3.63, 3.8) is 0 Å². The van der Waals surface area contributed by atoms with Crippen molar-refractivity contribution in [1.82, 2.24) is 4.57 Å². The molecule has 0 saturated carbocycles. The molecule has 1 N–H and O–H groups in total. The van der Waals surface area contributed by atoms with E-state index in [1.54, 1.807) is 11.7 Å². The van der Waals surface area contributed by atoms with Crippen LogP contribution in [-0.2, 0) is 13.0 Å². The van der Waals surface area contributed by atoms with Gasteiger partial charge in [-0.2, -0.15) is 0 Å². The number of methoxy groups -OCH3 is 1. The molecule has 6 heteroatoms. The Balaban J connectivity index is 1.59. The number of fused-ring (bicyclic) bond motifs is 1. The van der Waals surface area contributed by atoms with E-state index in [0.717, 1.165) is 39.6 Å². The molecule has 2 aromatic carbocycles. The van der Waals surface area contributed by atoms with Crippen molar-refractivity contribution in [3.8, 4) is 11.6 Å². The van der Waals surface area contributed by atoms with Gasteiger partial charge in [0.2, 0.25) is 5.88 Å². The fourth-order valence-electron chi connectivity index (χ4n) is 3.29. The van der Waals surface area contributed by atoms with Crippen molar-refractivity contribution in [1.29, 1.82) is 0 Å². The zero-order chi connectivity index (χ0) is 19.7. The first-order valence-electron chi connectivity index (χ1n) is 8.99. The summed E-state index contributed by atoms with van der Waals surface area (Å²) in [6.45, 7) is 2.61. The molecule has 0 spiro atoms. The number of allylic oxidation sites excluding steroid dienone is 1. The number of ether oxygens (including phenoxy) is 1. The van der Waals surface area contributed by atoms with Crippen LogP contribution in [0.1, 0.15) is 22.9 Å². The first-order chi connectivity index (χ1) is 13.6. The number of para-hydroxylation sites is 1. The summed E-state index contributed by atoms with van der Waals surface area (Å²) in [5.74, 6) is 1.05. The van der Waals surface area contributed by atoms with Crippen molar-refractivity contribution in [2.75, 3.05) is 7.11 Å². The van der Waals surface area contributed by atoms with Gasteiger partial charge in [0.15, 0.2) is 3.95 Å². The third kappa shape index (κ3) is 3.53. The molecule has 0 atom stereocenters. The Bertz CT molecular complexity index is 1140. The molecular formula is C22H20N2O2S2. The first-order valence-corrected chi connectivity index (χ1v) is 10.2. The molecule has 2 heterocycles. The van der Waals surface area contributed by atoms with Crippen molar-refractivity contribution < 1.29 is 9.84 Å². The van der Waals surface area contributed by atoms with Crippen LogP contribution < -0.4 is 4.74 Å². The van der Waals surface area contributed by atoms with E-state index >= 15 is 0 Å². The maximum absolute atomic E-state index is 10.8. The van der Waals surface area contributed by atoms with Gasteiger partial charge in [-0.3, -0.25) is 9.56 Å². The highest BCUT2D eigenvalue weighted by molar-refractivity contribution is 7.73. The van der Waals surface area contributed by atoms with Gasteiger partial charge in [0, 0.05) is 23.4 Å². The number of hydrogen-bond acceptors (Lipinski definition) is 5. The van der Waals surface area contributed by atoms with E-state index in [9.17, 15) is 5.11 Å². The van der Waals surface area contributed by atoms with Crippen LogP contribution in [0.3, 0.4) is 0 Å². The van der Waals surface area contributed by atoms with Crippen molar-refractivity contribution in [2.45, 2.75) is 19.9 Å². The van der Waals surface area contributed by atoms with E-state index in [-0.39, 0.29) is 5.88 Å². The number of aryl methyl sites for hydroxylation is 1.